The highest BCUT2D eigenvalue weighted by atomic mass is 16.5. The van der Waals surface area contributed by atoms with Gasteiger partial charge in [0.1, 0.15) is 5.75 Å². The van der Waals surface area contributed by atoms with Gasteiger partial charge in [-0.1, -0.05) is 13.3 Å². The minimum atomic E-state index is -0.138. The van der Waals surface area contributed by atoms with Gasteiger partial charge in [-0.2, -0.15) is 0 Å². The van der Waals surface area contributed by atoms with E-state index >= 15 is 0 Å². The fourth-order valence-corrected chi connectivity index (χ4v) is 2.47. The summed E-state index contributed by atoms with van der Waals surface area (Å²) in [5.74, 6) is 1.41. The Morgan fingerprint density at radius 3 is 2.67 bits per heavy atom. The third kappa shape index (κ3) is 3.15. The minimum Gasteiger partial charge on any atom is -0.492 e. The van der Waals surface area contributed by atoms with Crippen molar-refractivity contribution in [3.05, 3.63) is 18.2 Å². The van der Waals surface area contributed by atoms with E-state index in [1.54, 1.807) is 0 Å². The average Bonchev–Trinajstić information content (AvgIpc) is 2.91. The maximum Gasteiger partial charge on any atom is 0.182 e. The van der Waals surface area contributed by atoms with E-state index in [2.05, 4.69) is 36.3 Å². The molecule has 6 heteroatoms. The molecule has 1 aromatic heterocycles. The molecule has 1 heterocycles. The molecule has 0 spiro atoms. The number of hydrogen-bond acceptors (Lipinski definition) is 5. The maximum absolute atomic E-state index is 6.03. The number of nitrogen functional groups attached to an aromatic ring is 1. The second-order valence-corrected chi connectivity index (χ2v) is 5.66. The highest BCUT2D eigenvalue weighted by molar-refractivity contribution is 5.66. The number of ether oxygens (including phenoxy) is 1. The van der Waals surface area contributed by atoms with Gasteiger partial charge in [-0.3, -0.25) is 0 Å². The monoisotopic (exact) mass is 289 g/mol. The number of anilines is 1. The Balaban J connectivity index is 2.40. The van der Waals surface area contributed by atoms with Crippen LogP contribution in [0.25, 0.3) is 11.4 Å². The summed E-state index contributed by atoms with van der Waals surface area (Å²) in [6.07, 6.45) is 2.06. The average molecular weight is 289 g/mol. The van der Waals surface area contributed by atoms with Crippen molar-refractivity contribution in [2.24, 2.45) is 0 Å². The highest BCUT2D eigenvalue weighted by Crippen LogP contribution is 2.30. The second-order valence-electron chi connectivity index (χ2n) is 5.66. The predicted octanol–water partition coefficient (Wildman–Crippen LogP) is 2.86. The first kappa shape index (κ1) is 15.3. The van der Waals surface area contributed by atoms with E-state index in [0.29, 0.717) is 18.0 Å². The Morgan fingerprint density at radius 1 is 1.29 bits per heavy atom. The van der Waals surface area contributed by atoms with Gasteiger partial charge in [-0.05, 0) is 55.8 Å². The van der Waals surface area contributed by atoms with E-state index < -0.39 is 0 Å². The molecule has 2 rings (SSSR count). The number of benzene rings is 1. The number of aromatic nitrogens is 4. The van der Waals surface area contributed by atoms with Crippen LogP contribution in [0.5, 0.6) is 5.75 Å². The molecule has 0 fully saturated rings. The fraction of sp³-hybridized carbons (Fsp3) is 0.533. The first-order chi connectivity index (χ1) is 9.99. The van der Waals surface area contributed by atoms with Crippen LogP contribution >= 0.6 is 0 Å². The van der Waals surface area contributed by atoms with Gasteiger partial charge < -0.3 is 10.5 Å². The Bertz CT molecular complexity index is 606. The summed E-state index contributed by atoms with van der Waals surface area (Å²) in [5.41, 5.74) is 7.38. The lowest BCUT2D eigenvalue weighted by Gasteiger charge is -2.25. The maximum atomic E-state index is 6.03. The Kier molecular flexibility index (Phi) is 4.45. The van der Waals surface area contributed by atoms with Gasteiger partial charge in [0.2, 0.25) is 0 Å². The van der Waals surface area contributed by atoms with E-state index in [9.17, 15) is 0 Å². The number of nitrogens with zero attached hydrogens (tertiary/aromatic N) is 4. The van der Waals surface area contributed by atoms with Gasteiger partial charge in [-0.25, -0.2) is 4.68 Å². The molecule has 0 atom stereocenters. The van der Waals surface area contributed by atoms with Crippen molar-refractivity contribution in [2.45, 2.75) is 46.1 Å². The van der Waals surface area contributed by atoms with Gasteiger partial charge in [0, 0.05) is 5.56 Å². The first-order valence-corrected chi connectivity index (χ1v) is 7.31. The molecule has 0 amide bonds. The minimum absolute atomic E-state index is 0.138. The van der Waals surface area contributed by atoms with Crippen LogP contribution in [0, 0.1) is 0 Å². The smallest absolute Gasteiger partial charge is 0.182 e. The zero-order valence-corrected chi connectivity index (χ0v) is 13.1. The molecule has 2 N–H and O–H groups in total. The SMILES string of the molecule is CCCC(C)(C)n1nnnc1-c1ccc(OCC)c(N)c1. The van der Waals surface area contributed by atoms with Crippen molar-refractivity contribution in [1.29, 1.82) is 0 Å². The Hall–Kier alpha value is -2.11. The molecular formula is C15H23N5O. The molecule has 21 heavy (non-hydrogen) atoms. The summed E-state index contributed by atoms with van der Waals surface area (Å²) >= 11 is 0. The molecule has 0 aliphatic heterocycles. The molecule has 0 bridgehead atoms. The molecule has 1 aromatic carbocycles. The highest BCUT2D eigenvalue weighted by Gasteiger charge is 2.25. The quantitative estimate of drug-likeness (QED) is 0.827. The van der Waals surface area contributed by atoms with Gasteiger partial charge in [-0.15, -0.1) is 5.10 Å². The van der Waals surface area contributed by atoms with Gasteiger partial charge in [0.05, 0.1) is 17.8 Å². The van der Waals surface area contributed by atoms with Crippen LogP contribution in [0.15, 0.2) is 18.2 Å². The third-order valence-corrected chi connectivity index (χ3v) is 3.47. The Labute approximate surface area is 125 Å². The lowest BCUT2D eigenvalue weighted by molar-refractivity contribution is 0.290. The molecule has 2 aromatic rings. The number of hydrogen-bond donors (Lipinski definition) is 1. The first-order valence-electron chi connectivity index (χ1n) is 7.31. The van der Waals surface area contributed by atoms with Crippen LogP contribution < -0.4 is 10.5 Å². The molecule has 0 aliphatic rings. The van der Waals surface area contributed by atoms with Gasteiger partial charge in [0.15, 0.2) is 5.82 Å². The number of tetrazole rings is 1. The van der Waals surface area contributed by atoms with E-state index in [1.165, 1.54) is 0 Å². The van der Waals surface area contributed by atoms with Crippen molar-refractivity contribution in [2.75, 3.05) is 12.3 Å². The second kappa shape index (κ2) is 6.11. The summed E-state index contributed by atoms with van der Waals surface area (Å²) in [7, 11) is 0. The molecule has 0 saturated carbocycles. The molecule has 0 saturated heterocycles. The van der Waals surface area contributed by atoms with Crippen molar-refractivity contribution in [3.8, 4) is 17.1 Å². The van der Waals surface area contributed by atoms with Crippen LogP contribution in [0.3, 0.4) is 0 Å². The largest absolute Gasteiger partial charge is 0.492 e. The molecule has 0 aliphatic carbocycles. The number of nitrogens with two attached hydrogens (primary N) is 1. The van der Waals surface area contributed by atoms with Crippen molar-refractivity contribution >= 4 is 5.69 Å². The molecule has 0 radical (unpaired) electrons. The van der Waals surface area contributed by atoms with E-state index in [4.69, 9.17) is 10.5 Å². The van der Waals surface area contributed by atoms with Gasteiger partial charge >= 0.3 is 0 Å². The summed E-state index contributed by atoms with van der Waals surface area (Å²) < 4.78 is 7.33. The van der Waals surface area contributed by atoms with Crippen LogP contribution in [0.2, 0.25) is 0 Å². The topological polar surface area (TPSA) is 78.8 Å². The molecular weight excluding hydrogens is 266 g/mol. The van der Waals surface area contributed by atoms with Gasteiger partial charge in [0.25, 0.3) is 0 Å². The van der Waals surface area contributed by atoms with E-state index in [-0.39, 0.29) is 5.54 Å². The standard InChI is InChI=1S/C15H23N5O/c1-5-9-15(3,4)20-14(17-18-19-20)11-7-8-13(21-6-2)12(16)10-11/h7-8,10H,5-6,9,16H2,1-4H3. The number of rotatable bonds is 6. The van der Waals surface area contributed by atoms with Crippen LogP contribution in [-0.4, -0.2) is 26.8 Å². The fourth-order valence-electron chi connectivity index (χ4n) is 2.47. The normalized spacial score (nSPS) is 11.6. The Morgan fingerprint density at radius 2 is 2.05 bits per heavy atom. The third-order valence-electron chi connectivity index (χ3n) is 3.47. The molecule has 6 nitrogen and oxygen atoms in total. The summed E-state index contributed by atoms with van der Waals surface area (Å²) in [6.45, 7) is 8.94. The van der Waals surface area contributed by atoms with Crippen LogP contribution in [0.1, 0.15) is 40.5 Å². The zero-order chi connectivity index (χ0) is 15.5. The zero-order valence-electron chi connectivity index (χ0n) is 13.1. The van der Waals surface area contributed by atoms with Crippen molar-refractivity contribution < 1.29 is 4.74 Å². The summed E-state index contributed by atoms with van der Waals surface area (Å²) in [5, 5.41) is 12.1. The van der Waals surface area contributed by atoms with E-state index in [0.717, 1.165) is 24.2 Å². The van der Waals surface area contributed by atoms with E-state index in [1.807, 2.05) is 29.8 Å². The van der Waals surface area contributed by atoms with Crippen molar-refractivity contribution in [3.63, 3.8) is 0 Å². The molecule has 114 valence electrons. The lowest BCUT2D eigenvalue weighted by Crippen LogP contribution is -2.28. The lowest BCUT2D eigenvalue weighted by atomic mass is 9.98. The van der Waals surface area contributed by atoms with Crippen molar-refractivity contribution in [1.82, 2.24) is 20.2 Å². The van der Waals surface area contributed by atoms with Crippen LogP contribution in [0.4, 0.5) is 5.69 Å². The predicted molar refractivity (Wildman–Crippen MR) is 83.1 cm³/mol. The summed E-state index contributed by atoms with van der Waals surface area (Å²) in [4.78, 5) is 0. The van der Waals surface area contributed by atoms with Crippen LogP contribution in [-0.2, 0) is 5.54 Å². The molecule has 0 unspecified atom stereocenters. The summed E-state index contributed by atoms with van der Waals surface area (Å²) in [6, 6.07) is 5.65.